The van der Waals surface area contributed by atoms with E-state index < -0.39 is 0 Å². The highest BCUT2D eigenvalue weighted by Crippen LogP contribution is 2.41. The minimum Gasteiger partial charge on any atom is -0.508 e. The molecule has 0 radical (unpaired) electrons. The number of likely N-dealkylation sites (tertiary alicyclic amines) is 1. The number of pyridine rings is 1. The molecule has 1 aromatic carbocycles. The Morgan fingerprint density at radius 2 is 2.21 bits per heavy atom. The molecule has 1 saturated heterocycles. The monoisotopic (exact) mass is 380 g/mol. The first-order valence-corrected chi connectivity index (χ1v) is 9.81. The standard InChI is InChI=1S/C23H28N2O3/c1-28-22(27)11-4-2-3-8-19-12-14-25(17-18-7-6-13-24-16-18)23(19)20-9-5-10-21(26)15-20/h2-3,5-7,9-10,13,15-16,19,23,26H,4,8,11-12,14,17H2,1H3/t19-,23+/m1/s1. The number of carbonyl (C=O) groups excluding carboxylic acids is 1. The fourth-order valence-electron chi connectivity index (χ4n) is 3.96. The van der Waals surface area contributed by atoms with Gasteiger partial charge in [-0.15, -0.1) is 0 Å². The van der Waals surface area contributed by atoms with Gasteiger partial charge < -0.3 is 9.84 Å². The summed E-state index contributed by atoms with van der Waals surface area (Å²) >= 11 is 0. The first-order chi connectivity index (χ1) is 13.7. The van der Waals surface area contributed by atoms with E-state index in [0.717, 1.165) is 31.5 Å². The zero-order valence-corrected chi connectivity index (χ0v) is 16.3. The number of allylic oxidation sites excluding steroid dienone is 2. The lowest BCUT2D eigenvalue weighted by atomic mass is 9.90. The molecule has 1 aromatic heterocycles. The highest BCUT2D eigenvalue weighted by molar-refractivity contribution is 5.69. The van der Waals surface area contributed by atoms with Gasteiger partial charge in [-0.25, -0.2) is 0 Å². The van der Waals surface area contributed by atoms with Crippen LogP contribution in [-0.2, 0) is 16.1 Å². The summed E-state index contributed by atoms with van der Waals surface area (Å²) in [5.74, 6) is 0.594. The Morgan fingerprint density at radius 1 is 1.32 bits per heavy atom. The number of aromatic nitrogens is 1. The van der Waals surface area contributed by atoms with Crippen molar-refractivity contribution in [3.8, 4) is 5.75 Å². The second kappa shape index (κ2) is 10.0. The SMILES string of the molecule is COC(=O)CCC=CC[C@@H]1CCN(Cc2cccnc2)[C@@H]1c1cccc(O)c1. The van der Waals surface area contributed by atoms with Crippen LogP contribution in [0.25, 0.3) is 0 Å². The Kier molecular flexibility index (Phi) is 7.20. The van der Waals surface area contributed by atoms with E-state index in [-0.39, 0.29) is 12.0 Å². The Bertz CT molecular complexity index is 791. The molecule has 0 spiro atoms. The quantitative estimate of drug-likeness (QED) is 0.548. The third-order valence-electron chi connectivity index (χ3n) is 5.30. The predicted molar refractivity (Wildman–Crippen MR) is 109 cm³/mol. The van der Waals surface area contributed by atoms with Crippen LogP contribution in [0.2, 0.25) is 0 Å². The minimum absolute atomic E-state index is 0.175. The molecule has 5 heteroatoms. The van der Waals surface area contributed by atoms with Gasteiger partial charge in [-0.05, 0) is 61.1 Å². The van der Waals surface area contributed by atoms with Crippen molar-refractivity contribution in [2.45, 2.75) is 38.3 Å². The largest absolute Gasteiger partial charge is 0.508 e. The van der Waals surface area contributed by atoms with E-state index in [1.807, 2.05) is 24.4 Å². The summed E-state index contributed by atoms with van der Waals surface area (Å²) in [7, 11) is 1.42. The molecule has 1 N–H and O–H groups in total. The van der Waals surface area contributed by atoms with Gasteiger partial charge in [-0.3, -0.25) is 14.7 Å². The lowest BCUT2D eigenvalue weighted by Gasteiger charge is -2.28. The van der Waals surface area contributed by atoms with Crippen LogP contribution >= 0.6 is 0 Å². The van der Waals surface area contributed by atoms with Gasteiger partial charge in [0.25, 0.3) is 0 Å². The third kappa shape index (κ3) is 5.42. The van der Waals surface area contributed by atoms with Gasteiger partial charge in [0, 0.05) is 31.4 Å². The number of methoxy groups -OCH3 is 1. The average molecular weight is 380 g/mol. The molecule has 1 aliphatic rings. The predicted octanol–water partition coefficient (Wildman–Crippen LogP) is 4.25. The maximum absolute atomic E-state index is 11.2. The molecule has 2 aromatic rings. The maximum Gasteiger partial charge on any atom is 0.305 e. The van der Waals surface area contributed by atoms with Crippen molar-refractivity contribution in [1.29, 1.82) is 0 Å². The Labute approximate surface area is 166 Å². The molecular formula is C23H28N2O3. The summed E-state index contributed by atoms with van der Waals surface area (Å²) in [6.07, 6.45) is 11.1. The zero-order valence-electron chi connectivity index (χ0n) is 16.3. The summed E-state index contributed by atoms with van der Waals surface area (Å²) < 4.78 is 4.68. The van der Waals surface area contributed by atoms with Crippen molar-refractivity contribution in [1.82, 2.24) is 9.88 Å². The van der Waals surface area contributed by atoms with Crippen molar-refractivity contribution in [2.75, 3.05) is 13.7 Å². The van der Waals surface area contributed by atoms with E-state index in [4.69, 9.17) is 0 Å². The number of benzene rings is 1. The van der Waals surface area contributed by atoms with Crippen LogP contribution in [0.5, 0.6) is 5.75 Å². The highest BCUT2D eigenvalue weighted by atomic mass is 16.5. The molecule has 28 heavy (non-hydrogen) atoms. The van der Waals surface area contributed by atoms with Crippen molar-refractivity contribution in [3.63, 3.8) is 0 Å². The minimum atomic E-state index is -0.175. The number of carbonyl (C=O) groups is 1. The zero-order chi connectivity index (χ0) is 19.8. The molecular weight excluding hydrogens is 352 g/mol. The molecule has 2 atom stereocenters. The Balaban J connectivity index is 1.70. The highest BCUT2D eigenvalue weighted by Gasteiger charge is 2.34. The van der Waals surface area contributed by atoms with Crippen LogP contribution < -0.4 is 0 Å². The number of phenols is 1. The summed E-state index contributed by atoms with van der Waals surface area (Å²) in [4.78, 5) is 17.9. The van der Waals surface area contributed by atoms with Crippen molar-refractivity contribution in [3.05, 3.63) is 72.1 Å². The van der Waals surface area contributed by atoms with Crippen LogP contribution in [0, 0.1) is 5.92 Å². The number of aromatic hydroxyl groups is 1. The molecule has 148 valence electrons. The van der Waals surface area contributed by atoms with E-state index in [2.05, 4.69) is 38.9 Å². The molecule has 1 aliphatic heterocycles. The Hall–Kier alpha value is -2.66. The van der Waals surface area contributed by atoms with E-state index >= 15 is 0 Å². The average Bonchev–Trinajstić information content (AvgIpc) is 3.10. The molecule has 0 saturated carbocycles. The lowest BCUT2D eigenvalue weighted by molar-refractivity contribution is -0.140. The number of rotatable bonds is 8. The van der Waals surface area contributed by atoms with Gasteiger partial charge in [0.15, 0.2) is 0 Å². The van der Waals surface area contributed by atoms with Crippen LogP contribution in [0.1, 0.15) is 42.9 Å². The first-order valence-electron chi connectivity index (χ1n) is 9.81. The van der Waals surface area contributed by atoms with Gasteiger partial charge in [-0.2, -0.15) is 0 Å². The van der Waals surface area contributed by atoms with E-state index in [0.29, 0.717) is 24.5 Å². The summed E-state index contributed by atoms with van der Waals surface area (Å²) in [6, 6.07) is 11.9. The summed E-state index contributed by atoms with van der Waals surface area (Å²) in [6.45, 7) is 1.85. The summed E-state index contributed by atoms with van der Waals surface area (Å²) in [5.41, 5.74) is 2.34. The van der Waals surface area contributed by atoms with Gasteiger partial charge in [-0.1, -0.05) is 30.4 Å². The molecule has 0 amide bonds. The van der Waals surface area contributed by atoms with Gasteiger partial charge in [0.05, 0.1) is 7.11 Å². The fraction of sp³-hybridized carbons (Fsp3) is 0.391. The smallest absolute Gasteiger partial charge is 0.305 e. The van der Waals surface area contributed by atoms with Crippen molar-refractivity contribution < 1.29 is 14.6 Å². The van der Waals surface area contributed by atoms with Gasteiger partial charge in [0.1, 0.15) is 5.75 Å². The second-order valence-corrected chi connectivity index (χ2v) is 7.24. The normalized spacial score (nSPS) is 19.9. The molecule has 3 rings (SSSR count). The maximum atomic E-state index is 11.2. The number of hydrogen-bond acceptors (Lipinski definition) is 5. The van der Waals surface area contributed by atoms with E-state index in [1.54, 1.807) is 12.3 Å². The van der Waals surface area contributed by atoms with Crippen LogP contribution in [-0.4, -0.2) is 34.6 Å². The third-order valence-corrected chi connectivity index (χ3v) is 5.30. The molecule has 0 aliphatic carbocycles. The number of nitrogens with zero attached hydrogens (tertiary/aromatic N) is 2. The van der Waals surface area contributed by atoms with Crippen LogP contribution in [0.3, 0.4) is 0 Å². The lowest BCUT2D eigenvalue weighted by Crippen LogP contribution is -2.25. The number of hydrogen-bond donors (Lipinski definition) is 1. The van der Waals surface area contributed by atoms with E-state index in [1.165, 1.54) is 12.7 Å². The van der Waals surface area contributed by atoms with Gasteiger partial charge in [0.2, 0.25) is 0 Å². The van der Waals surface area contributed by atoms with Crippen LogP contribution in [0.4, 0.5) is 0 Å². The molecule has 5 nitrogen and oxygen atoms in total. The topological polar surface area (TPSA) is 62.7 Å². The molecule has 2 heterocycles. The van der Waals surface area contributed by atoms with Crippen molar-refractivity contribution >= 4 is 5.97 Å². The number of esters is 1. The molecule has 0 unspecified atom stereocenters. The van der Waals surface area contributed by atoms with Crippen molar-refractivity contribution in [2.24, 2.45) is 5.92 Å². The van der Waals surface area contributed by atoms with Gasteiger partial charge >= 0.3 is 5.97 Å². The number of ether oxygens (including phenoxy) is 1. The second-order valence-electron chi connectivity index (χ2n) is 7.24. The summed E-state index contributed by atoms with van der Waals surface area (Å²) in [5, 5.41) is 9.97. The fourth-order valence-corrected chi connectivity index (χ4v) is 3.96. The van der Waals surface area contributed by atoms with Crippen LogP contribution in [0.15, 0.2) is 60.9 Å². The number of phenolic OH excluding ortho intramolecular Hbond substituents is 1. The van der Waals surface area contributed by atoms with E-state index in [9.17, 15) is 9.90 Å². The Morgan fingerprint density at radius 3 is 2.96 bits per heavy atom. The first kappa shape index (κ1) is 20.1. The molecule has 0 bridgehead atoms. The molecule has 1 fully saturated rings.